The third-order valence-corrected chi connectivity index (χ3v) is 13.7. The Balaban J connectivity index is 1.96. The monoisotopic (exact) mass is 738 g/mol. The molecular formula is C37H62N2O11Si. The number of rotatable bonds is 18. The standard InChI is InChI=1S/C37H62N2O11Si/c1-24-25(2)33(48-27(4)40)34(47-26(24)3)49-31-17-15-29(22-28(31)23-46-51(11,12)37(8,9)10)38-32(42)18-16-30(41)14-13-19-44-20-21-45-39-35(43)50-36(5,6)7/h15,17,22,24-26,33-34H,13-14,16,18-21,23H2,1-12H3,(H,38,42)(H,39,43)/t24-,25-,26?,33?,34-/m0/s1. The Morgan fingerprint density at radius 1 is 0.902 bits per heavy atom. The lowest BCUT2D eigenvalue weighted by atomic mass is 9.84. The molecule has 5 atom stereocenters. The number of esters is 1. The van der Waals surface area contributed by atoms with E-state index in [1.807, 2.05) is 19.9 Å². The molecule has 1 saturated heterocycles. The average molecular weight is 739 g/mol. The van der Waals surface area contributed by atoms with Crippen LogP contribution in [0.25, 0.3) is 0 Å². The Bertz CT molecular complexity index is 1310. The number of ketones is 1. The van der Waals surface area contributed by atoms with E-state index in [4.69, 9.17) is 32.9 Å². The molecule has 2 amide bonds. The molecule has 2 rings (SSSR count). The number of Topliss-reactive ketones (excluding diaryl/α,β-unsaturated/α-hetero) is 1. The smallest absolute Gasteiger partial charge is 0.431 e. The maximum absolute atomic E-state index is 12.9. The van der Waals surface area contributed by atoms with Gasteiger partial charge in [-0.15, -0.1) is 0 Å². The number of hydrogen-bond acceptors (Lipinski definition) is 11. The van der Waals surface area contributed by atoms with Crippen LogP contribution in [0.15, 0.2) is 18.2 Å². The third-order valence-electron chi connectivity index (χ3n) is 9.25. The van der Waals surface area contributed by atoms with Crippen molar-refractivity contribution < 1.29 is 52.1 Å². The van der Waals surface area contributed by atoms with Gasteiger partial charge in [0.1, 0.15) is 17.1 Å². The van der Waals surface area contributed by atoms with Crippen LogP contribution in [0.4, 0.5) is 10.5 Å². The number of benzene rings is 1. The minimum atomic E-state index is -2.15. The first-order valence-electron chi connectivity index (χ1n) is 17.9. The molecule has 51 heavy (non-hydrogen) atoms. The van der Waals surface area contributed by atoms with E-state index in [1.165, 1.54) is 6.92 Å². The SMILES string of the molecule is CC(=O)OC1[C@H](Oc2ccc(NC(=O)CCC(=O)CCCOCCONC(=O)OC(C)(C)C)cc2CO[Si](C)(C)C(C)(C)C)OC(C)[C@@H](C)[C@@H]1C. The molecule has 2 unspecified atom stereocenters. The van der Waals surface area contributed by atoms with E-state index in [-0.39, 0.29) is 73.8 Å². The van der Waals surface area contributed by atoms with Crippen molar-refractivity contribution in [2.75, 3.05) is 25.1 Å². The summed E-state index contributed by atoms with van der Waals surface area (Å²) in [5, 5.41) is 2.87. The van der Waals surface area contributed by atoms with Gasteiger partial charge in [0, 0.05) is 50.0 Å². The minimum absolute atomic E-state index is 0.00206. The zero-order valence-corrected chi connectivity index (χ0v) is 33.8. The van der Waals surface area contributed by atoms with Gasteiger partial charge in [-0.1, -0.05) is 34.6 Å². The molecule has 0 radical (unpaired) electrons. The number of ether oxygens (including phenoxy) is 5. The van der Waals surface area contributed by atoms with Crippen LogP contribution < -0.4 is 15.5 Å². The highest BCUT2D eigenvalue weighted by molar-refractivity contribution is 6.74. The first-order chi connectivity index (χ1) is 23.6. The molecule has 1 heterocycles. The van der Waals surface area contributed by atoms with Gasteiger partial charge in [0.2, 0.25) is 12.2 Å². The van der Waals surface area contributed by atoms with E-state index < -0.39 is 38.4 Å². The highest BCUT2D eigenvalue weighted by atomic mass is 28.4. The summed E-state index contributed by atoms with van der Waals surface area (Å²) in [5.41, 5.74) is 2.81. The van der Waals surface area contributed by atoms with Gasteiger partial charge in [-0.25, -0.2) is 4.79 Å². The largest absolute Gasteiger partial charge is 0.460 e. The van der Waals surface area contributed by atoms with Crippen LogP contribution >= 0.6 is 0 Å². The molecule has 0 saturated carbocycles. The number of nitrogens with one attached hydrogen (secondary N) is 2. The molecule has 1 aromatic rings. The highest BCUT2D eigenvalue weighted by Crippen LogP contribution is 2.39. The van der Waals surface area contributed by atoms with Gasteiger partial charge in [-0.05, 0) is 76.4 Å². The van der Waals surface area contributed by atoms with Crippen molar-refractivity contribution in [3.63, 3.8) is 0 Å². The molecule has 2 N–H and O–H groups in total. The molecule has 290 valence electrons. The van der Waals surface area contributed by atoms with E-state index in [0.29, 0.717) is 30.0 Å². The molecule has 1 aliphatic rings. The Morgan fingerprint density at radius 2 is 1.59 bits per heavy atom. The third kappa shape index (κ3) is 15.6. The fourth-order valence-electron chi connectivity index (χ4n) is 4.91. The Morgan fingerprint density at radius 3 is 2.22 bits per heavy atom. The number of amides is 2. The lowest BCUT2D eigenvalue weighted by Gasteiger charge is -2.42. The van der Waals surface area contributed by atoms with Gasteiger partial charge in [-0.3, -0.25) is 19.2 Å². The zero-order valence-electron chi connectivity index (χ0n) is 32.8. The normalized spacial score (nSPS) is 21.1. The number of hydroxylamine groups is 1. The van der Waals surface area contributed by atoms with E-state index in [1.54, 1.807) is 32.9 Å². The quantitative estimate of drug-likeness (QED) is 0.0687. The van der Waals surface area contributed by atoms with Crippen LogP contribution in [-0.2, 0) is 49.2 Å². The first kappa shape index (κ1) is 44.1. The van der Waals surface area contributed by atoms with E-state index >= 15 is 0 Å². The topological polar surface area (TPSA) is 157 Å². The first-order valence-corrected chi connectivity index (χ1v) is 20.8. The Hall–Kier alpha value is -3.04. The summed E-state index contributed by atoms with van der Waals surface area (Å²) in [5.74, 6) is -0.0925. The van der Waals surface area contributed by atoms with Crippen LogP contribution in [0.1, 0.15) is 100 Å². The van der Waals surface area contributed by atoms with Crippen molar-refractivity contribution in [1.82, 2.24) is 5.48 Å². The van der Waals surface area contributed by atoms with Gasteiger partial charge >= 0.3 is 12.1 Å². The molecule has 0 aromatic heterocycles. The van der Waals surface area contributed by atoms with Gasteiger partial charge in [0.25, 0.3) is 0 Å². The predicted octanol–water partition coefficient (Wildman–Crippen LogP) is 7.08. The van der Waals surface area contributed by atoms with Gasteiger partial charge < -0.3 is 33.4 Å². The van der Waals surface area contributed by atoms with Crippen LogP contribution in [0.2, 0.25) is 18.1 Å². The Kier molecular flexibility index (Phi) is 17.0. The molecule has 1 aliphatic heterocycles. The fraction of sp³-hybridized carbons (Fsp3) is 0.730. The van der Waals surface area contributed by atoms with Crippen LogP contribution in [0.5, 0.6) is 5.75 Å². The highest BCUT2D eigenvalue weighted by Gasteiger charge is 2.44. The second kappa shape index (κ2) is 19.7. The second-order valence-corrected chi connectivity index (χ2v) is 20.6. The van der Waals surface area contributed by atoms with Crippen molar-refractivity contribution in [2.24, 2.45) is 11.8 Å². The van der Waals surface area contributed by atoms with Gasteiger partial charge in [-0.2, -0.15) is 5.48 Å². The predicted molar refractivity (Wildman–Crippen MR) is 196 cm³/mol. The summed E-state index contributed by atoms with van der Waals surface area (Å²) in [6.07, 6.45) is -1.32. The maximum Gasteiger partial charge on any atom is 0.431 e. The minimum Gasteiger partial charge on any atom is -0.460 e. The molecule has 1 aromatic carbocycles. The second-order valence-electron chi connectivity index (χ2n) is 15.7. The van der Waals surface area contributed by atoms with Crippen molar-refractivity contribution in [1.29, 1.82) is 0 Å². The maximum atomic E-state index is 12.9. The molecule has 0 bridgehead atoms. The zero-order chi connectivity index (χ0) is 38.6. The molecule has 0 aliphatic carbocycles. The fourth-order valence-corrected chi connectivity index (χ4v) is 5.86. The molecule has 1 fully saturated rings. The van der Waals surface area contributed by atoms with Crippen LogP contribution in [0, 0.1) is 11.8 Å². The number of hydrogen-bond donors (Lipinski definition) is 2. The summed E-state index contributed by atoms with van der Waals surface area (Å²) >= 11 is 0. The number of carbonyl (C=O) groups excluding carboxylic acids is 4. The molecule has 13 nitrogen and oxygen atoms in total. The summed E-state index contributed by atoms with van der Waals surface area (Å²) in [6.45, 7) is 24.5. The van der Waals surface area contributed by atoms with Gasteiger partial charge in [0.05, 0.1) is 25.9 Å². The molecular weight excluding hydrogens is 676 g/mol. The lowest BCUT2D eigenvalue weighted by molar-refractivity contribution is -0.243. The van der Waals surface area contributed by atoms with Crippen molar-refractivity contribution in [3.05, 3.63) is 23.8 Å². The number of carbonyl (C=O) groups is 4. The summed E-state index contributed by atoms with van der Waals surface area (Å²) in [7, 11) is -2.15. The molecule has 14 heteroatoms. The van der Waals surface area contributed by atoms with E-state index in [2.05, 4.69) is 51.6 Å². The van der Waals surface area contributed by atoms with E-state index in [9.17, 15) is 19.2 Å². The number of anilines is 1. The lowest BCUT2D eigenvalue weighted by Crippen LogP contribution is -2.52. The Labute approximate surface area is 305 Å². The van der Waals surface area contributed by atoms with E-state index in [0.717, 1.165) is 0 Å². The summed E-state index contributed by atoms with van der Waals surface area (Å²) in [4.78, 5) is 53.8. The summed E-state index contributed by atoms with van der Waals surface area (Å²) in [6, 6.07) is 5.30. The average Bonchev–Trinajstić information content (AvgIpc) is 3.00. The van der Waals surface area contributed by atoms with Crippen molar-refractivity contribution in [3.8, 4) is 5.75 Å². The molecule has 0 spiro atoms. The van der Waals surface area contributed by atoms with Crippen molar-refractivity contribution in [2.45, 2.75) is 144 Å². The summed E-state index contributed by atoms with van der Waals surface area (Å²) < 4.78 is 35.3. The van der Waals surface area contributed by atoms with Crippen LogP contribution in [0.3, 0.4) is 0 Å². The van der Waals surface area contributed by atoms with Crippen molar-refractivity contribution >= 4 is 37.8 Å². The van der Waals surface area contributed by atoms with Gasteiger partial charge in [0.15, 0.2) is 14.4 Å². The van der Waals surface area contributed by atoms with Crippen LogP contribution in [-0.4, -0.2) is 76.0 Å².